The summed E-state index contributed by atoms with van der Waals surface area (Å²) in [6.45, 7) is 4.03. The molecular weight excluding hydrogens is 180 g/mol. The first kappa shape index (κ1) is 10.5. The van der Waals surface area contributed by atoms with Crippen molar-refractivity contribution in [3.05, 3.63) is 39.6 Å². The van der Waals surface area contributed by atoms with Crippen LogP contribution in [0, 0.1) is 0 Å². The summed E-state index contributed by atoms with van der Waals surface area (Å²) in [5.74, 6) is 0.294. The minimum Gasteiger partial charge on any atom is -0.410 e. The molecule has 1 heterocycles. The summed E-state index contributed by atoms with van der Waals surface area (Å²) in [6.07, 6.45) is 1.67. The molecule has 1 rings (SSSR count). The maximum absolute atomic E-state index is 11.5. The van der Waals surface area contributed by atoms with Crippen molar-refractivity contribution >= 4 is 0 Å². The van der Waals surface area contributed by atoms with E-state index in [2.05, 4.69) is 5.16 Å². The molecule has 0 amide bonds. The summed E-state index contributed by atoms with van der Waals surface area (Å²) < 4.78 is 1.39. The Labute approximate surface area is 82.1 Å². The quantitative estimate of drug-likeness (QED) is 0.531. The van der Waals surface area contributed by atoms with Crippen LogP contribution >= 0.6 is 0 Å². The summed E-state index contributed by atoms with van der Waals surface area (Å²) in [5, 5.41) is 11.7. The summed E-state index contributed by atoms with van der Waals surface area (Å²) in [4.78, 5) is 11.5. The molecule has 0 radical (unpaired) electrons. The molecule has 0 atom stereocenters. The van der Waals surface area contributed by atoms with E-state index >= 15 is 0 Å². The van der Waals surface area contributed by atoms with E-state index in [1.54, 1.807) is 19.3 Å². The Hall–Kier alpha value is -1.58. The molecule has 0 aromatic carbocycles. The van der Waals surface area contributed by atoms with Gasteiger partial charge in [-0.05, 0) is 23.6 Å². The number of hydrogen-bond acceptors (Lipinski definition) is 3. The van der Waals surface area contributed by atoms with Gasteiger partial charge in [0.05, 0.1) is 0 Å². The maximum atomic E-state index is 11.5. The highest BCUT2D eigenvalue weighted by molar-refractivity contribution is 5.14. The van der Waals surface area contributed by atoms with Crippen molar-refractivity contribution < 1.29 is 5.21 Å². The van der Waals surface area contributed by atoms with Gasteiger partial charge in [-0.2, -0.15) is 0 Å². The van der Waals surface area contributed by atoms with Gasteiger partial charge < -0.3 is 9.77 Å². The zero-order chi connectivity index (χ0) is 10.7. The van der Waals surface area contributed by atoms with Crippen LogP contribution in [0.5, 0.6) is 0 Å². The Kier molecular flexibility index (Phi) is 3.06. The lowest BCUT2D eigenvalue weighted by Crippen LogP contribution is -2.30. The van der Waals surface area contributed by atoms with Gasteiger partial charge in [0.2, 0.25) is 0 Å². The molecule has 4 nitrogen and oxygen atoms in total. The van der Waals surface area contributed by atoms with E-state index in [1.165, 1.54) is 4.57 Å². The zero-order valence-electron chi connectivity index (χ0n) is 8.56. The van der Waals surface area contributed by atoms with Crippen molar-refractivity contribution in [1.82, 2.24) is 4.57 Å². The van der Waals surface area contributed by atoms with Gasteiger partial charge in [0.1, 0.15) is 0 Å². The molecule has 4 heteroatoms. The van der Waals surface area contributed by atoms with Gasteiger partial charge in [-0.1, -0.05) is 19.0 Å². The Bertz CT molecular complexity index is 447. The second kappa shape index (κ2) is 4.09. The van der Waals surface area contributed by atoms with E-state index in [9.17, 15) is 4.79 Å². The number of aryl methyl sites for hydroxylation is 1. The van der Waals surface area contributed by atoms with Crippen LogP contribution in [-0.4, -0.2) is 9.77 Å². The Balaban J connectivity index is 3.62. The summed E-state index contributed by atoms with van der Waals surface area (Å²) in [7, 11) is 1.63. The molecular formula is C10H14N2O2. The largest absolute Gasteiger partial charge is 0.410 e. The fraction of sp³-hybridized carbons (Fsp3) is 0.400. The minimum absolute atomic E-state index is 0.0706. The number of hydrogen-bond donors (Lipinski definition) is 1. The standard InChI is InChI=1S/C10H14N2O2/c1-7(2)8-4-5-12(3)10(13)9(6-8)11-14/h4-7,14H,1-3H3/b11-9+. The predicted octanol–water partition coefficient (Wildman–Crippen LogP) is 0.799. The van der Waals surface area contributed by atoms with Gasteiger partial charge in [-0.25, -0.2) is 0 Å². The molecule has 1 aromatic heterocycles. The molecule has 1 N–H and O–H groups in total. The molecule has 0 saturated heterocycles. The SMILES string of the molecule is CC(C)c1ccn(C)c(=O)/c(=N/O)c1. The molecule has 0 aliphatic carbocycles. The van der Waals surface area contributed by atoms with Crippen LogP contribution in [0.3, 0.4) is 0 Å². The fourth-order valence-corrected chi connectivity index (χ4v) is 1.14. The molecule has 0 spiro atoms. The fourth-order valence-electron chi connectivity index (χ4n) is 1.14. The third-order valence-electron chi connectivity index (χ3n) is 2.11. The molecule has 76 valence electrons. The van der Waals surface area contributed by atoms with Gasteiger partial charge in [0.15, 0.2) is 5.36 Å². The van der Waals surface area contributed by atoms with E-state index in [1.807, 2.05) is 19.9 Å². The third-order valence-corrected chi connectivity index (χ3v) is 2.11. The second-order valence-corrected chi connectivity index (χ2v) is 3.52. The van der Waals surface area contributed by atoms with Crippen LogP contribution in [0.4, 0.5) is 0 Å². The van der Waals surface area contributed by atoms with Crippen molar-refractivity contribution in [3.8, 4) is 0 Å². The van der Waals surface area contributed by atoms with Gasteiger partial charge in [0, 0.05) is 13.2 Å². The van der Waals surface area contributed by atoms with Gasteiger partial charge in [0.25, 0.3) is 5.56 Å². The lowest BCUT2D eigenvalue weighted by Gasteiger charge is -1.99. The first-order chi connectivity index (χ1) is 6.56. The van der Waals surface area contributed by atoms with Crippen LogP contribution in [0.1, 0.15) is 25.3 Å². The van der Waals surface area contributed by atoms with Gasteiger partial charge in [-0.15, -0.1) is 0 Å². The van der Waals surface area contributed by atoms with Crippen LogP contribution in [0.25, 0.3) is 0 Å². The molecule has 0 aliphatic heterocycles. The topological polar surface area (TPSA) is 54.6 Å². The molecule has 0 bridgehead atoms. The monoisotopic (exact) mass is 194 g/mol. The first-order valence-electron chi connectivity index (χ1n) is 4.45. The van der Waals surface area contributed by atoms with Crippen molar-refractivity contribution in [2.75, 3.05) is 0 Å². The number of nitrogens with zero attached hydrogens (tertiary/aromatic N) is 2. The van der Waals surface area contributed by atoms with Gasteiger partial charge in [-0.3, -0.25) is 4.79 Å². The molecule has 0 fully saturated rings. The van der Waals surface area contributed by atoms with E-state index in [-0.39, 0.29) is 10.9 Å². The lowest BCUT2D eigenvalue weighted by molar-refractivity contribution is 0.300. The average Bonchev–Trinajstić information content (AvgIpc) is 2.28. The highest BCUT2D eigenvalue weighted by atomic mass is 16.4. The van der Waals surface area contributed by atoms with Gasteiger partial charge >= 0.3 is 0 Å². The zero-order valence-corrected chi connectivity index (χ0v) is 8.56. The second-order valence-electron chi connectivity index (χ2n) is 3.52. The molecule has 0 saturated carbocycles. The summed E-state index contributed by atoms with van der Waals surface area (Å²) >= 11 is 0. The number of rotatable bonds is 1. The Morgan fingerprint density at radius 1 is 1.50 bits per heavy atom. The smallest absolute Gasteiger partial charge is 0.279 e. The van der Waals surface area contributed by atoms with Crippen LogP contribution < -0.4 is 10.9 Å². The molecule has 0 aliphatic rings. The lowest BCUT2D eigenvalue weighted by atomic mass is 10.1. The van der Waals surface area contributed by atoms with Crippen LogP contribution in [0.2, 0.25) is 0 Å². The Morgan fingerprint density at radius 2 is 2.14 bits per heavy atom. The van der Waals surface area contributed by atoms with E-state index in [0.717, 1.165) is 5.56 Å². The van der Waals surface area contributed by atoms with Crippen molar-refractivity contribution in [3.63, 3.8) is 0 Å². The summed E-state index contributed by atoms with van der Waals surface area (Å²) in [5.41, 5.74) is 0.662. The Morgan fingerprint density at radius 3 is 2.64 bits per heavy atom. The van der Waals surface area contributed by atoms with E-state index < -0.39 is 0 Å². The van der Waals surface area contributed by atoms with E-state index in [0.29, 0.717) is 5.92 Å². The minimum atomic E-state index is -0.306. The van der Waals surface area contributed by atoms with Crippen LogP contribution in [0.15, 0.2) is 28.3 Å². The molecule has 14 heavy (non-hydrogen) atoms. The maximum Gasteiger partial charge on any atom is 0.279 e. The molecule has 0 unspecified atom stereocenters. The van der Waals surface area contributed by atoms with E-state index in [4.69, 9.17) is 5.21 Å². The van der Waals surface area contributed by atoms with Crippen molar-refractivity contribution in [2.24, 2.45) is 12.2 Å². The summed E-state index contributed by atoms with van der Waals surface area (Å²) in [6, 6.07) is 3.45. The average molecular weight is 194 g/mol. The highest BCUT2D eigenvalue weighted by Gasteiger charge is 2.00. The van der Waals surface area contributed by atoms with Crippen molar-refractivity contribution in [1.29, 1.82) is 0 Å². The highest BCUT2D eigenvalue weighted by Crippen LogP contribution is 2.09. The van der Waals surface area contributed by atoms with Crippen molar-refractivity contribution in [2.45, 2.75) is 19.8 Å². The predicted molar refractivity (Wildman–Crippen MR) is 53.1 cm³/mol. The number of aromatic nitrogens is 1. The molecule has 1 aromatic rings. The van der Waals surface area contributed by atoms with Crippen LogP contribution in [-0.2, 0) is 7.05 Å². The first-order valence-corrected chi connectivity index (χ1v) is 4.45. The third kappa shape index (κ3) is 2.02. The normalized spacial score (nSPS) is 12.1.